The predicted octanol–water partition coefficient (Wildman–Crippen LogP) is 7.17. The van der Waals surface area contributed by atoms with Crippen molar-refractivity contribution in [3.63, 3.8) is 0 Å². The lowest BCUT2D eigenvalue weighted by Crippen LogP contribution is -2.30. The SMILES string of the molecule is C1=CC2=Nc3c(n4c5ccccc5c5c6c(cc3c54)OC3C=CC(c4ccccc4)=CC63)NC2C=C1. The third kappa shape index (κ3) is 2.27. The first-order valence-electron chi connectivity index (χ1n) is 12.5. The molecule has 5 aromatic rings. The van der Waals surface area contributed by atoms with E-state index in [1.807, 2.05) is 0 Å². The van der Waals surface area contributed by atoms with E-state index in [0.29, 0.717) is 0 Å². The summed E-state index contributed by atoms with van der Waals surface area (Å²) in [6, 6.07) is 21.7. The molecule has 3 atom stereocenters. The summed E-state index contributed by atoms with van der Waals surface area (Å²) in [4.78, 5) is 5.15. The highest BCUT2D eigenvalue weighted by atomic mass is 16.5. The molecular formula is C32H21N3O. The first kappa shape index (κ1) is 18.7. The van der Waals surface area contributed by atoms with Crippen molar-refractivity contribution in [2.24, 2.45) is 4.99 Å². The van der Waals surface area contributed by atoms with Crippen molar-refractivity contribution in [3.05, 3.63) is 114 Å². The van der Waals surface area contributed by atoms with Gasteiger partial charge in [0.2, 0.25) is 0 Å². The maximum absolute atomic E-state index is 6.62. The van der Waals surface area contributed by atoms with Crippen LogP contribution >= 0.6 is 0 Å². The second kappa shape index (κ2) is 6.55. The summed E-state index contributed by atoms with van der Waals surface area (Å²) in [5.74, 6) is 2.20. The maximum Gasteiger partial charge on any atom is 0.138 e. The van der Waals surface area contributed by atoms with Gasteiger partial charge in [-0.3, -0.25) is 4.40 Å². The lowest BCUT2D eigenvalue weighted by molar-refractivity contribution is 0.269. The molecule has 0 spiro atoms. The molecule has 2 aliphatic carbocycles. The first-order chi connectivity index (χ1) is 17.8. The zero-order valence-electron chi connectivity index (χ0n) is 19.3. The van der Waals surface area contributed by atoms with E-state index in [-0.39, 0.29) is 18.1 Å². The fraction of sp³-hybridized carbons (Fsp3) is 0.0938. The van der Waals surface area contributed by atoms with Crippen molar-refractivity contribution in [2.45, 2.75) is 18.1 Å². The Morgan fingerprint density at radius 2 is 1.78 bits per heavy atom. The van der Waals surface area contributed by atoms with Crippen molar-refractivity contribution in [1.82, 2.24) is 4.40 Å². The van der Waals surface area contributed by atoms with Crippen LogP contribution in [-0.4, -0.2) is 22.3 Å². The van der Waals surface area contributed by atoms with Crippen molar-refractivity contribution in [1.29, 1.82) is 0 Å². The molecule has 4 heterocycles. The molecule has 0 radical (unpaired) electrons. The second-order valence-corrected chi connectivity index (χ2v) is 9.97. The summed E-state index contributed by atoms with van der Waals surface area (Å²) >= 11 is 0. The Morgan fingerprint density at radius 3 is 2.72 bits per heavy atom. The standard InChI is InChI=1S/C32H21N3O/c1-2-8-18(9-3-1)19-14-15-26-21(16-19)28-27(36-26)17-22-30-32(34-24-12-6-5-11-23(24)33-30)35-25-13-7-4-10-20(25)29(28)31(22)35/h1-17,21,24,26,34H. The quantitative estimate of drug-likeness (QED) is 0.286. The van der Waals surface area contributed by atoms with Gasteiger partial charge in [0.15, 0.2) is 0 Å². The van der Waals surface area contributed by atoms with Gasteiger partial charge < -0.3 is 10.1 Å². The van der Waals surface area contributed by atoms with Crippen LogP contribution in [0, 0.1) is 0 Å². The number of hydrogen-bond donors (Lipinski definition) is 1. The molecule has 2 aliphatic heterocycles. The molecule has 36 heavy (non-hydrogen) atoms. The van der Waals surface area contributed by atoms with Crippen LogP contribution < -0.4 is 10.1 Å². The number of nitrogens with one attached hydrogen (secondary N) is 1. The van der Waals surface area contributed by atoms with Crippen LogP contribution in [0.2, 0.25) is 0 Å². The summed E-state index contributed by atoms with van der Waals surface area (Å²) in [6.07, 6.45) is 15.2. The van der Waals surface area contributed by atoms with E-state index in [9.17, 15) is 0 Å². The highest BCUT2D eigenvalue weighted by Gasteiger charge is 2.39. The van der Waals surface area contributed by atoms with E-state index in [0.717, 1.165) is 28.4 Å². The third-order valence-electron chi connectivity index (χ3n) is 8.06. The molecule has 3 aromatic carbocycles. The zero-order valence-corrected chi connectivity index (χ0v) is 19.3. The molecule has 2 aromatic heterocycles. The maximum atomic E-state index is 6.62. The average Bonchev–Trinajstić information content (AvgIpc) is 3.57. The van der Waals surface area contributed by atoms with Crippen molar-refractivity contribution in [3.8, 4) is 5.75 Å². The molecule has 4 aliphatic rings. The van der Waals surface area contributed by atoms with E-state index < -0.39 is 0 Å². The third-order valence-corrected chi connectivity index (χ3v) is 8.06. The van der Waals surface area contributed by atoms with Crippen LogP contribution in [0.3, 0.4) is 0 Å². The largest absolute Gasteiger partial charge is 0.485 e. The van der Waals surface area contributed by atoms with Crippen LogP contribution in [0.5, 0.6) is 5.75 Å². The van der Waals surface area contributed by atoms with Gasteiger partial charge in [-0.1, -0.05) is 78.9 Å². The fourth-order valence-corrected chi connectivity index (χ4v) is 6.52. The number of aliphatic imine (C=N–C) groups is 1. The van der Waals surface area contributed by atoms with Gasteiger partial charge in [0.25, 0.3) is 0 Å². The number of fused-ring (bicyclic) bond motifs is 11. The van der Waals surface area contributed by atoms with Gasteiger partial charge in [-0.05, 0) is 35.4 Å². The number of rotatable bonds is 1. The number of benzene rings is 3. The monoisotopic (exact) mass is 463 g/mol. The summed E-state index contributed by atoms with van der Waals surface area (Å²) < 4.78 is 9.00. The van der Waals surface area contributed by atoms with E-state index >= 15 is 0 Å². The van der Waals surface area contributed by atoms with Gasteiger partial charge in [0.1, 0.15) is 23.4 Å². The van der Waals surface area contributed by atoms with Crippen LogP contribution in [0.25, 0.3) is 32.8 Å². The van der Waals surface area contributed by atoms with E-state index in [1.54, 1.807) is 0 Å². The molecular weight excluding hydrogens is 442 g/mol. The molecule has 0 bridgehead atoms. The molecule has 4 heteroatoms. The minimum Gasteiger partial charge on any atom is -0.485 e. The second-order valence-electron chi connectivity index (χ2n) is 9.97. The zero-order chi connectivity index (χ0) is 23.4. The van der Waals surface area contributed by atoms with Gasteiger partial charge in [-0.2, -0.15) is 0 Å². The molecule has 170 valence electrons. The minimum atomic E-state index is 0.00694. The van der Waals surface area contributed by atoms with Crippen LogP contribution in [0.4, 0.5) is 11.5 Å². The number of anilines is 1. The summed E-state index contributed by atoms with van der Waals surface area (Å²) in [7, 11) is 0. The van der Waals surface area contributed by atoms with Gasteiger partial charge in [-0.15, -0.1) is 0 Å². The highest BCUT2D eigenvalue weighted by Crippen LogP contribution is 2.55. The normalized spacial score (nSPS) is 23.2. The number of hydrogen-bond acceptors (Lipinski definition) is 3. The molecule has 0 amide bonds. The number of allylic oxidation sites excluding steroid dienone is 4. The molecule has 4 nitrogen and oxygen atoms in total. The van der Waals surface area contributed by atoms with Crippen molar-refractivity contribution < 1.29 is 4.74 Å². The van der Waals surface area contributed by atoms with E-state index in [4.69, 9.17) is 9.73 Å². The Morgan fingerprint density at radius 1 is 0.889 bits per heavy atom. The lowest BCUT2D eigenvalue weighted by atomic mass is 9.85. The Kier molecular flexibility index (Phi) is 3.41. The highest BCUT2D eigenvalue weighted by molar-refractivity contribution is 6.24. The van der Waals surface area contributed by atoms with E-state index in [1.165, 1.54) is 38.5 Å². The van der Waals surface area contributed by atoms with Gasteiger partial charge >= 0.3 is 0 Å². The van der Waals surface area contributed by atoms with Crippen molar-refractivity contribution in [2.75, 3.05) is 5.32 Å². The summed E-state index contributed by atoms with van der Waals surface area (Å²) in [5, 5.41) is 7.47. The molecule has 0 saturated carbocycles. The lowest BCUT2D eigenvalue weighted by Gasteiger charge is -2.23. The Labute approximate surface area is 207 Å². The predicted molar refractivity (Wildman–Crippen MR) is 147 cm³/mol. The van der Waals surface area contributed by atoms with Crippen molar-refractivity contribution >= 4 is 50.0 Å². The minimum absolute atomic E-state index is 0.00694. The molecule has 0 fully saturated rings. The molecule has 3 unspecified atom stereocenters. The van der Waals surface area contributed by atoms with Crippen LogP contribution in [0.15, 0.2) is 108 Å². The number of ether oxygens (including phenoxy) is 1. The van der Waals surface area contributed by atoms with E-state index in [2.05, 4.69) is 113 Å². The Bertz CT molecular complexity index is 1900. The smallest absolute Gasteiger partial charge is 0.138 e. The number of aromatic nitrogens is 1. The Hall–Kier alpha value is -4.57. The van der Waals surface area contributed by atoms with Gasteiger partial charge in [0.05, 0.1) is 22.8 Å². The van der Waals surface area contributed by atoms with Gasteiger partial charge in [0, 0.05) is 27.6 Å². The Balaban J connectivity index is 1.36. The molecule has 1 N–H and O–H groups in total. The first-order valence-corrected chi connectivity index (χ1v) is 12.5. The number of para-hydroxylation sites is 1. The summed E-state index contributed by atoms with van der Waals surface area (Å²) in [5.41, 5.74) is 8.26. The summed E-state index contributed by atoms with van der Waals surface area (Å²) in [6.45, 7) is 0. The van der Waals surface area contributed by atoms with Crippen LogP contribution in [0.1, 0.15) is 17.0 Å². The molecule has 0 saturated heterocycles. The average molecular weight is 464 g/mol. The topological polar surface area (TPSA) is 38.0 Å². The fourth-order valence-electron chi connectivity index (χ4n) is 6.52. The number of nitrogens with zero attached hydrogens (tertiary/aromatic N) is 2. The van der Waals surface area contributed by atoms with Crippen LogP contribution in [-0.2, 0) is 0 Å². The molecule has 9 rings (SSSR count). The van der Waals surface area contributed by atoms with Gasteiger partial charge in [-0.25, -0.2) is 4.99 Å².